The summed E-state index contributed by atoms with van der Waals surface area (Å²) in [6, 6.07) is 1.13. The Morgan fingerprint density at radius 1 is 1.40 bits per heavy atom. The molecule has 7 heteroatoms. The molecule has 1 heterocycles. The number of rotatable bonds is 8. The lowest BCUT2D eigenvalue weighted by Crippen LogP contribution is -2.45. The molecular weight excluding hydrogens is 427 g/mol. The number of hydrogen-bond donors (Lipinski definition) is 2. The molecular formula is C18H35IN6. The Hall–Kier alpha value is -0.830. The fourth-order valence-electron chi connectivity index (χ4n) is 3.25. The van der Waals surface area contributed by atoms with Crippen LogP contribution in [0.15, 0.2) is 4.99 Å². The maximum Gasteiger partial charge on any atom is 0.191 e. The summed E-state index contributed by atoms with van der Waals surface area (Å²) in [5.41, 5.74) is 3.69. The monoisotopic (exact) mass is 462 g/mol. The molecule has 0 amide bonds. The van der Waals surface area contributed by atoms with Crippen molar-refractivity contribution in [1.82, 2.24) is 25.3 Å². The molecule has 6 nitrogen and oxygen atoms in total. The maximum atomic E-state index is 4.50. The zero-order valence-corrected chi connectivity index (χ0v) is 18.9. The summed E-state index contributed by atoms with van der Waals surface area (Å²) >= 11 is 0. The van der Waals surface area contributed by atoms with E-state index in [0.717, 1.165) is 43.8 Å². The zero-order chi connectivity index (χ0) is 17.7. The summed E-state index contributed by atoms with van der Waals surface area (Å²) in [5, 5.41) is 11.4. The van der Waals surface area contributed by atoms with Crippen LogP contribution >= 0.6 is 24.0 Å². The first-order valence-electron chi connectivity index (χ1n) is 9.16. The van der Waals surface area contributed by atoms with Crippen LogP contribution in [-0.2, 0) is 13.5 Å². The van der Waals surface area contributed by atoms with Crippen molar-refractivity contribution in [2.24, 2.45) is 12.0 Å². The van der Waals surface area contributed by atoms with Gasteiger partial charge in [0.2, 0.25) is 0 Å². The Kier molecular flexibility index (Phi) is 9.20. The highest BCUT2D eigenvalue weighted by Crippen LogP contribution is 2.25. The zero-order valence-electron chi connectivity index (χ0n) is 16.6. The van der Waals surface area contributed by atoms with Crippen molar-refractivity contribution in [1.29, 1.82) is 0 Å². The Morgan fingerprint density at radius 3 is 2.56 bits per heavy atom. The number of aryl methyl sites for hydroxylation is 2. The summed E-state index contributed by atoms with van der Waals surface area (Å²) in [4.78, 5) is 6.91. The van der Waals surface area contributed by atoms with E-state index in [4.69, 9.17) is 0 Å². The minimum atomic E-state index is 0. The highest BCUT2D eigenvalue weighted by Gasteiger charge is 2.27. The van der Waals surface area contributed by atoms with E-state index < -0.39 is 0 Å². The molecule has 1 fully saturated rings. The lowest BCUT2D eigenvalue weighted by molar-refractivity contribution is 0.282. The van der Waals surface area contributed by atoms with Gasteiger partial charge >= 0.3 is 0 Å². The summed E-state index contributed by atoms with van der Waals surface area (Å²) in [6.07, 6.45) is 3.68. The van der Waals surface area contributed by atoms with Crippen molar-refractivity contribution in [3.63, 3.8) is 0 Å². The number of nitrogens with zero attached hydrogens (tertiary/aromatic N) is 4. The van der Waals surface area contributed by atoms with Gasteiger partial charge in [0.1, 0.15) is 0 Å². The first kappa shape index (κ1) is 22.2. The minimum Gasteiger partial charge on any atom is -0.355 e. The van der Waals surface area contributed by atoms with E-state index in [1.165, 1.54) is 24.1 Å². The van der Waals surface area contributed by atoms with Gasteiger partial charge in [-0.3, -0.25) is 14.6 Å². The van der Waals surface area contributed by atoms with Crippen LogP contribution in [-0.4, -0.2) is 59.4 Å². The largest absolute Gasteiger partial charge is 0.355 e. The van der Waals surface area contributed by atoms with E-state index in [1.54, 1.807) is 0 Å². The topological polar surface area (TPSA) is 57.5 Å². The predicted octanol–water partition coefficient (Wildman–Crippen LogP) is 2.24. The second-order valence-electron chi connectivity index (χ2n) is 6.88. The second-order valence-corrected chi connectivity index (χ2v) is 6.88. The molecule has 0 saturated heterocycles. The van der Waals surface area contributed by atoms with Gasteiger partial charge in [0.05, 0.1) is 5.69 Å². The number of aliphatic imine (C=N–C) groups is 1. The first-order valence-corrected chi connectivity index (χ1v) is 9.16. The van der Waals surface area contributed by atoms with Crippen molar-refractivity contribution < 1.29 is 0 Å². The smallest absolute Gasteiger partial charge is 0.191 e. The molecule has 144 valence electrons. The summed E-state index contributed by atoms with van der Waals surface area (Å²) < 4.78 is 1.96. The quantitative estimate of drug-likeness (QED) is 0.354. The van der Waals surface area contributed by atoms with Gasteiger partial charge in [-0.1, -0.05) is 6.92 Å². The van der Waals surface area contributed by atoms with Crippen molar-refractivity contribution in [3.05, 3.63) is 17.0 Å². The van der Waals surface area contributed by atoms with Crippen LogP contribution in [0.2, 0.25) is 0 Å². The molecule has 2 rings (SSSR count). The van der Waals surface area contributed by atoms with Gasteiger partial charge in [-0.25, -0.2) is 0 Å². The second kappa shape index (κ2) is 10.4. The molecule has 0 bridgehead atoms. The molecule has 1 unspecified atom stereocenters. The average Bonchev–Trinajstić information content (AvgIpc) is 3.35. The lowest BCUT2D eigenvalue weighted by Gasteiger charge is -2.22. The Bertz CT molecular complexity index is 564. The average molecular weight is 462 g/mol. The molecule has 1 atom stereocenters. The molecule has 0 spiro atoms. The SMILES string of the molecule is CCN(CCNC(=NC)NC(C)Cc1c(C)nn(C)c1C)C1CC1.I. The van der Waals surface area contributed by atoms with Crippen LogP contribution in [0.4, 0.5) is 0 Å². The molecule has 2 N–H and O–H groups in total. The third-order valence-electron chi connectivity index (χ3n) is 4.94. The standard InChI is InChI=1S/C18H34N6.HI/c1-7-24(16-8-9-16)11-10-20-18(19-5)21-13(2)12-17-14(3)22-23(6)15(17)4;/h13,16H,7-12H2,1-6H3,(H2,19,20,21);1H. The third-order valence-corrected chi connectivity index (χ3v) is 4.94. The predicted molar refractivity (Wildman–Crippen MR) is 116 cm³/mol. The summed E-state index contributed by atoms with van der Waals surface area (Å²) in [5.74, 6) is 0.883. The van der Waals surface area contributed by atoms with Gasteiger partial charge in [-0.15, -0.1) is 24.0 Å². The highest BCUT2D eigenvalue weighted by molar-refractivity contribution is 14.0. The normalized spacial score (nSPS) is 15.9. The molecule has 1 aromatic rings. The van der Waals surface area contributed by atoms with E-state index in [-0.39, 0.29) is 24.0 Å². The van der Waals surface area contributed by atoms with E-state index in [9.17, 15) is 0 Å². The van der Waals surface area contributed by atoms with E-state index in [0.29, 0.717) is 6.04 Å². The minimum absolute atomic E-state index is 0. The van der Waals surface area contributed by atoms with Gasteiger partial charge in [-0.2, -0.15) is 5.10 Å². The van der Waals surface area contributed by atoms with Crippen molar-refractivity contribution in [3.8, 4) is 0 Å². The van der Waals surface area contributed by atoms with Crippen molar-refractivity contribution >= 4 is 29.9 Å². The Morgan fingerprint density at radius 2 is 2.08 bits per heavy atom. The van der Waals surface area contributed by atoms with Gasteiger partial charge in [-0.05, 0) is 52.1 Å². The van der Waals surface area contributed by atoms with E-state index in [2.05, 4.69) is 53.3 Å². The van der Waals surface area contributed by atoms with Crippen LogP contribution in [0.1, 0.15) is 43.6 Å². The molecule has 1 aliphatic rings. The number of aromatic nitrogens is 2. The molecule has 0 aliphatic heterocycles. The summed E-state index contributed by atoms with van der Waals surface area (Å²) in [7, 11) is 3.84. The van der Waals surface area contributed by atoms with Gasteiger partial charge in [0.15, 0.2) is 5.96 Å². The highest BCUT2D eigenvalue weighted by atomic mass is 127. The number of likely N-dealkylation sites (N-methyl/N-ethyl adjacent to an activating group) is 1. The van der Waals surface area contributed by atoms with Crippen molar-refractivity contribution in [2.75, 3.05) is 26.7 Å². The maximum absolute atomic E-state index is 4.50. The van der Waals surface area contributed by atoms with Crippen LogP contribution in [0, 0.1) is 13.8 Å². The Labute approximate surface area is 169 Å². The molecule has 1 saturated carbocycles. The van der Waals surface area contributed by atoms with Crippen LogP contribution in [0.3, 0.4) is 0 Å². The van der Waals surface area contributed by atoms with Crippen molar-refractivity contribution in [2.45, 2.75) is 59.0 Å². The van der Waals surface area contributed by atoms with Crippen LogP contribution < -0.4 is 10.6 Å². The van der Waals surface area contributed by atoms with Crippen LogP contribution in [0.25, 0.3) is 0 Å². The number of halogens is 1. The lowest BCUT2D eigenvalue weighted by atomic mass is 10.1. The summed E-state index contributed by atoms with van der Waals surface area (Å²) in [6.45, 7) is 11.8. The molecule has 1 aromatic heterocycles. The third kappa shape index (κ3) is 6.44. The van der Waals surface area contributed by atoms with Crippen LogP contribution in [0.5, 0.6) is 0 Å². The number of guanidine groups is 1. The molecule has 0 aromatic carbocycles. The molecule has 1 aliphatic carbocycles. The van der Waals surface area contributed by atoms with E-state index in [1.807, 2.05) is 18.8 Å². The fraction of sp³-hybridized carbons (Fsp3) is 0.778. The number of nitrogens with one attached hydrogen (secondary N) is 2. The molecule has 25 heavy (non-hydrogen) atoms. The van der Waals surface area contributed by atoms with Gasteiger partial charge < -0.3 is 10.6 Å². The number of hydrogen-bond acceptors (Lipinski definition) is 3. The van der Waals surface area contributed by atoms with Gasteiger partial charge in [0, 0.05) is 45.0 Å². The Balaban J connectivity index is 0.00000312. The fourth-order valence-corrected chi connectivity index (χ4v) is 3.25. The van der Waals surface area contributed by atoms with E-state index >= 15 is 0 Å². The molecule has 0 radical (unpaired) electrons. The van der Waals surface area contributed by atoms with Gasteiger partial charge in [0.25, 0.3) is 0 Å². The first-order chi connectivity index (χ1) is 11.5.